The maximum atomic E-state index is 12.1. The lowest BCUT2D eigenvalue weighted by atomic mass is 9.98. The Kier molecular flexibility index (Phi) is 2.13. The maximum absolute atomic E-state index is 12.1. The van der Waals surface area contributed by atoms with E-state index >= 15 is 0 Å². The molecule has 0 spiro atoms. The molecule has 15 heavy (non-hydrogen) atoms. The van der Waals surface area contributed by atoms with Gasteiger partial charge in [-0.15, -0.1) is 0 Å². The minimum absolute atomic E-state index is 0.434. The van der Waals surface area contributed by atoms with Gasteiger partial charge in [0.25, 0.3) is 0 Å². The largest absolute Gasteiger partial charge is 0.264 e. The molecule has 1 aromatic rings. The van der Waals surface area contributed by atoms with Crippen LogP contribution in [0.2, 0.25) is 0 Å². The van der Waals surface area contributed by atoms with Crippen molar-refractivity contribution in [2.75, 3.05) is 7.05 Å². The molecule has 0 atom stereocenters. The average Bonchev–Trinajstić information content (AvgIpc) is 2.16. The third-order valence-electron chi connectivity index (χ3n) is 3.01. The Balaban J connectivity index is 2.72. The summed E-state index contributed by atoms with van der Waals surface area (Å²) in [6, 6.07) is 1.88. The van der Waals surface area contributed by atoms with Crippen LogP contribution >= 0.6 is 0 Å². The molecule has 0 aromatic carbocycles. The Morgan fingerprint density at radius 3 is 2.80 bits per heavy atom. The fourth-order valence-corrected chi connectivity index (χ4v) is 3.51. The first-order valence-electron chi connectivity index (χ1n) is 4.76. The van der Waals surface area contributed by atoms with Crippen molar-refractivity contribution in [3.63, 3.8) is 0 Å². The molecule has 1 aromatic heterocycles. The van der Waals surface area contributed by atoms with Gasteiger partial charge in [-0.25, -0.2) is 8.42 Å². The molecule has 0 aliphatic carbocycles. The van der Waals surface area contributed by atoms with Crippen molar-refractivity contribution in [2.45, 2.75) is 25.1 Å². The van der Waals surface area contributed by atoms with E-state index in [0.717, 1.165) is 11.1 Å². The number of sulfonamides is 1. The highest BCUT2D eigenvalue weighted by molar-refractivity contribution is 7.90. The quantitative estimate of drug-likeness (QED) is 0.665. The number of pyridine rings is 1. The van der Waals surface area contributed by atoms with Crippen LogP contribution in [0.3, 0.4) is 0 Å². The van der Waals surface area contributed by atoms with Crippen molar-refractivity contribution in [3.05, 3.63) is 29.6 Å². The van der Waals surface area contributed by atoms with E-state index in [0.29, 0.717) is 6.54 Å². The summed E-state index contributed by atoms with van der Waals surface area (Å²) < 4.78 is 24.7. The molecule has 0 saturated heterocycles. The molecule has 0 fully saturated rings. The Morgan fingerprint density at radius 2 is 2.13 bits per heavy atom. The third kappa shape index (κ3) is 1.30. The summed E-state index contributed by atoms with van der Waals surface area (Å²) in [6.45, 7) is 3.88. The Morgan fingerprint density at radius 1 is 1.47 bits per heavy atom. The van der Waals surface area contributed by atoms with Gasteiger partial charge in [-0.05, 0) is 31.0 Å². The van der Waals surface area contributed by atoms with Crippen molar-refractivity contribution >= 4 is 10.0 Å². The summed E-state index contributed by atoms with van der Waals surface area (Å²) in [7, 11) is -1.65. The van der Waals surface area contributed by atoms with Gasteiger partial charge < -0.3 is 0 Å². The number of hydrogen-bond acceptors (Lipinski definition) is 3. The Bertz CT molecular complexity index is 494. The monoisotopic (exact) mass is 226 g/mol. The summed E-state index contributed by atoms with van der Waals surface area (Å²) in [4.78, 5) is 4.00. The van der Waals surface area contributed by atoms with E-state index in [1.54, 1.807) is 33.3 Å². The molecule has 4 nitrogen and oxygen atoms in total. The van der Waals surface area contributed by atoms with Gasteiger partial charge in [0.2, 0.25) is 10.0 Å². The van der Waals surface area contributed by atoms with E-state index in [9.17, 15) is 8.42 Å². The minimum Gasteiger partial charge on any atom is -0.264 e. The van der Waals surface area contributed by atoms with Crippen LogP contribution in [-0.4, -0.2) is 24.8 Å². The van der Waals surface area contributed by atoms with Crippen LogP contribution in [0.25, 0.3) is 0 Å². The predicted octanol–water partition coefficient (Wildman–Crippen LogP) is 1.09. The van der Waals surface area contributed by atoms with Crippen molar-refractivity contribution in [2.24, 2.45) is 0 Å². The summed E-state index contributed by atoms with van der Waals surface area (Å²) >= 11 is 0. The van der Waals surface area contributed by atoms with Crippen LogP contribution in [0.15, 0.2) is 18.5 Å². The van der Waals surface area contributed by atoms with Crippen LogP contribution in [-0.2, 0) is 21.3 Å². The molecular weight excluding hydrogens is 212 g/mol. The Labute approximate surface area is 90.0 Å². The van der Waals surface area contributed by atoms with E-state index in [4.69, 9.17) is 0 Å². The van der Waals surface area contributed by atoms with Gasteiger partial charge in [0.1, 0.15) is 4.75 Å². The number of rotatable bonds is 0. The zero-order valence-electron chi connectivity index (χ0n) is 9.06. The average molecular weight is 226 g/mol. The molecule has 1 aliphatic heterocycles. The van der Waals surface area contributed by atoms with Crippen molar-refractivity contribution in [3.8, 4) is 0 Å². The smallest absolute Gasteiger partial charge is 0.223 e. The van der Waals surface area contributed by atoms with Gasteiger partial charge in [-0.2, -0.15) is 4.31 Å². The van der Waals surface area contributed by atoms with Crippen LogP contribution in [0.5, 0.6) is 0 Å². The molecule has 5 heteroatoms. The van der Waals surface area contributed by atoms with Gasteiger partial charge in [0, 0.05) is 26.0 Å². The first-order valence-corrected chi connectivity index (χ1v) is 6.20. The fraction of sp³-hybridized carbons (Fsp3) is 0.500. The first-order chi connectivity index (χ1) is 6.87. The molecule has 0 unspecified atom stereocenters. The van der Waals surface area contributed by atoms with E-state index in [1.807, 2.05) is 6.07 Å². The molecule has 0 radical (unpaired) electrons. The first kappa shape index (κ1) is 10.6. The van der Waals surface area contributed by atoms with Crippen molar-refractivity contribution in [1.82, 2.24) is 9.29 Å². The minimum atomic E-state index is -3.26. The second kappa shape index (κ2) is 3.02. The van der Waals surface area contributed by atoms with Gasteiger partial charge in [0.15, 0.2) is 0 Å². The summed E-state index contributed by atoms with van der Waals surface area (Å²) in [5, 5.41) is 0. The van der Waals surface area contributed by atoms with E-state index < -0.39 is 14.8 Å². The summed E-state index contributed by atoms with van der Waals surface area (Å²) in [5.41, 5.74) is 1.84. The van der Waals surface area contributed by atoms with Crippen LogP contribution < -0.4 is 0 Å². The highest BCUT2D eigenvalue weighted by Gasteiger charge is 2.44. The van der Waals surface area contributed by atoms with Gasteiger partial charge in [-0.1, -0.05) is 0 Å². The molecular formula is C10H14N2O2S. The van der Waals surface area contributed by atoms with E-state index in [-0.39, 0.29) is 0 Å². The number of hydrogen-bond donors (Lipinski definition) is 0. The number of fused-ring (bicyclic) bond motifs is 1. The second-order valence-electron chi connectivity index (χ2n) is 4.30. The lowest BCUT2D eigenvalue weighted by Gasteiger charge is -2.36. The maximum Gasteiger partial charge on any atom is 0.223 e. The highest BCUT2D eigenvalue weighted by atomic mass is 32.2. The second-order valence-corrected chi connectivity index (χ2v) is 6.90. The van der Waals surface area contributed by atoms with Crippen molar-refractivity contribution in [1.29, 1.82) is 0 Å². The zero-order chi connectivity index (χ0) is 11.3. The van der Waals surface area contributed by atoms with Crippen molar-refractivity contribution < 1.29 is 8.42 Å². The molecule has 82 valence electrons. The fourth-order valence-electron chi connectivity index (χ4n) is 1.96. The SMILES string of the molecule is CN1Cc2ccncc2C(C)(C)S1(=O)=O. The molecule has 1 aliphatic rings. The lowest BCUT2D eigenvalue weighted by molar-refractivity contribution is 0.417. The van der Waals surface area contributed by atoms with Crippen LogP contribution in [0.1, 0.15) is 25.0 Å². The van der Waals surface area contributed by atoms with E-state index in [2.05, 4.69) is 4.98 Å². The number of aromatic nitrogens is 1. The van der Waals surface area contributed by atoms with Gasteiger partial charge >= 0.3 is 0 Å². The molecule has 0 N–H and O–H groups in total. The topological polar surface area (TPSA) is 50.3 Å². The molecule has 0 bridgehead atoms. The zero-order valence-corrected chi connectivity index (χ0v) is 9.87. The van der Waals surface area contributed by atoms with Gasteiger partial charge in [-0.3, -0.25) is 4.98 Å². The van der Waals surface area contributed by atoms with Crippen LogP contribution in [0, 0.1) is 0 Å². The standard InChI is InChI=1S/C10H14N2O2S/c1-10(2)9-6-11-5-4-8(9)7-12(3)15(10,13)14/h4-6H,7H2,1-3H3. The lowest BCUT2D eigenvalue weighted by Crippen LogP contribution is -2.45. The number of nitrogens with zero attached hydrogens (tertiary/aromatic N) is 2. The van der Waals surface area contributed by atoms with Crippen LogP contribution in [0.4, 0.5) is 0 Å². The highest BCUT2D eigenvalue weighted by Crippen LogP contribution is 2.38. The van der Waals surface area contributed by atoms with Gasteiger partial charge in [0.05, 0.1) is 0 Å². The predicted molar refractivity (Wildman–Crippen MR) is 57.6 cm³/mol. The Hall–Kier alpha value is -0.940. The molecule has 2 heterocycles. The summed E-state index contributed by atoms with van der Waals surface area (Å²) in [5.74, 6) is 0. The molecule has 0 amide bonds. The van der Waals surface area contributed by atoms with E-state index in [1.165, 1.54) is 4.31 Å². The third-order valence-corrected chi connectivity index (χ3v) is 5.47. The molecule has 2 rings (SSSR count). The molecule has 0 saturated carbocycles. The summed E-state index contributed by atoms with van der Waals surface area (Å²) in [6.07, 6.45) is 3.35. The normalized spacial score (nSPS) is 23.4.